The first-order valence-corrected chi connectivity index (χ1v) is 11.9. The van der Waals surface area contributed by atoms with Gasteiger partial charge in [-0.15, -0.1) is 0 Å². The van der Waals surface area contributed by atoms with E-state index in [1.807, 2.05) is 78.6 Å². The van der Waals surface area contributed by atoms with E-state index in [4.69, 9.17) is 37.7 Å². The molecule has 0 aliphatic carbocycles. The molecule has 1 N–H and O–H groups in total. The highest BCUT2D eigenvalue weighted by Gasteiger charge is 2.43. The number of aryl methyl sites for hydroxylation is 1. The van der Waals surface area contributed by atoms with Crippen LogP contribution in [0.2, 0.25) is 5.02 Å². The van der Waals surface area contributed by atoms with E-state index in [-0.39, 0.29) is 12.1 Å². The number of rotatable bonds is 6. The maximum absolute atomic E-state index is 6.47. The van der Waals surface area contributed by atoms with Crippen LogP contribution in [-0.2, 0) is 0 Å². The molecule has 0 unspecified atom stereocenters. The first-order chi connectivity index (χ1) is 17.0. The van der Waals surface area contributed by atoms with Crippen molar-refractivity contribution in [3.05, 3.63) is 95.0 Å². The third-order valence-corrected chi connectivity index (χ3v) is 6.68. The minimum absolute atomic E-state index is 0.251. The fourth-order valence-electron chi connectivity index (χ4n) is 4.40. The summed E-state index contributed by atoms with van der Waals surface area (Å²) >= 11 is 12.1. The molecule has 8 heteroatoms. The van der Waals surface area contributed by atoms with E-state index >= 15 is 0 Å². The molecule has 0 bridgehead atoms. The quantitative estimate of drug-likeness (QED) is 0.300. The van der Waals surface area contributed by atoms with Crippen LogP contribution in [0.3, 0.4) is 0 Å². The van der Waals surface area contributed by atoms with Crippen molar-refractivity contribution in [3.63, 3.8) is 0 Å². The molecule has 4 aromatic rings. The van der Waals surface area contributed by atoms with E-state index < -0.39 is 0 Å². The zero-order valence-electron chi connectivity index (χ0n) is 19.5. The Bertz CT molecular complexity index is 1380. The molecule has 0 radical (unpaired) electrons. The highest BCUT2D eigenvalue weighted by Crippen LogP contribution is 2.46. The number of nitrogens with one attached hydrogen (secondary N) is 1. The number of ether oxygens (including phenoxy) is 2. The van der Waals surface area contributed by atoms with Crippen LogP contribution in [0.5, 0.6) is 11.5 Å². The van der Waals surface area contributed by atoms with Gasteiger partial charge in [0, 0.05) is 22.8 Å². The Hall–Kier alpha value is -3.55. The second-order valence-corrected chi connectivity index (χ2v) is 9.02. The number of nitrogens with zero attached hydrogens (tertiary/aromatic N) is 2. The average Bonchev–Trinajstić information content (AvgIpc) is 3.50. The lowest BCUT2D eigenvalue weighted by molar-refractivity contribution is 0.400. The summed E-state index contributed by atoms with van der Waals surface area (Å²) in [6.07, 6.45) is 1.77. The maximum Gasteiger partial charge on any atom is 0.174 e. The zero-order chi connectivity index (χ0) is 24.5. The van der Waals surface area contributed by atoms with E-state index in [1.165, 1.54) is 0 Å². The Morgan fingerprint density at radius 3 is 2.63 bits per heavy atom. The van der Waals surface area contributed by atoms with E-state index in [0.717, 1.165) is 34.0 Å². The molecule has 2 aromatic heterocycles. The predicted molar refractivity (Wildman–Crippen MR) is 141 cm³/mol. The number of aromatic nitrogens is 1. The molecular weight excluding hydrogens is 482 g/mol. The Labute approximate surface area is 214 Å². The topological polar surface area (TPSA) is 59.8 Å². The molecule has 3 heterocycles. The molecule has 1 saturated heterocycles. The summed E-state index contributed by atoms with van der Waals surface area (Å²) in [6, 6.07) is 20.6. The lowest BCUT2D eigenvalue weighted by atomic mass is 10.0. The maximum atomic E-state index is 6.47. The van der Waals surface area contributed by atoms with Crippen molar-refractivity contribution in [3.8, 4) is 22.8 Å². The van der Waals surface area contributed by atoms with Crippen LogP contribution in [0.1, 0.15) is 29.1 Å². The fraction of sp³-hybridized carbons (Fsp3) is 0.185. The van der Waals surface area contributed by atoms with Gasteiger partial charge in [-0.05, 0) is 73.2 Å². The van der Waals surface area contributed by atoms with Crippen molar-refractivity contribution in [2.24, 2.45) is 0 Å². The molecule has 2 atom stereocenters. The summed E-state index contributed by atoms with van der Waals surface area (Å²) in [7, 11) is 3.27. The molecular formula is C27H24ClN3O3S. The number of thiocarbonyl (C=S) groups is 1. The molecule has 35 heavy (non-hydrogen) atoms. The summed E-state index contributed by atoms with van der Waals surface area (Å²) in [4.78, 5) is 6.61. The van der Waals surface area contributed by atoms with Gasteiger partial charge < -0.3 is 24.1 Å². The van der Waals surface area contributed by atoms with Gasteiger partial charge >= 0.3 is 0 Å². The van der Waals surface area contributed by atoms with Crippen LogP contribution in [0.15, 0.2) is 77.3 Å². The number of furan rings is 1. The van der Waals surface area contributed by atoms with Gasteiger partial charge in [-0.2, -0.15) is 0 Å². The van der Waals surface area contributed by atoms with Crippen LogP contribution in [0.4, 0.5) is 5.69 Å². The number of anilines is 1. The first-order valence-electron chi connectivity index (χ1n) is 11.1. The molecule has 1 fully saturated rings. The Kier molecular flexibility index (Phi) is 6.36. The van der Waals surface area contributed by atoms with E-state index in [9.17, 15) is 0 Å². The van der Waals surface area contributed by atoms with Crippen molar-refractivity contribution in [2.75, 3.05) is 19.1 Å². The van der Waals surface area contributed by atoms with Gasteiger partial charge in [0.05, 0.1) is 31.6 Å². The number of hydrogen-bond donors (Lipinski definition) is 1. The minimum Gasteiger partial charge on any atom is -0.497 e. The van der Waals surface area contributed by atoms with E-state index in [0.29, 0.717) is 21.6 Å². The number of halogens is 1. The molecule has 178 valence electrons. The SMILES string of the molecule is COc1ccc(OC)c(N2C(=S)N[C@@H](c3ccccn3)[C@H]2c2ccc(-c3cc(Cl)ccc3C)o2)c1. The summed E-state index contributed by atoms with van der Waals surface area (Å²) < 4.78 is 17.7. The summed E-state index contributed by atoms with van der Waals surface area (Å²) in [6.45, 7) is 2.03. The Morgan fingerprint density at radius 1 is 1.03 bits per heavy atom. The molecule has 1 aliphatic heterocycles. The minimum atomic E-state index is -0.327. The van der Waals surface area contributed by atoms with Gasteiger partial charge in [-0.3, -0.25) is 4.98 Å². The van der Waals surface area contributed by atoms with Crippen molar-refractivity contribution in [1.82, 2.24) is 10.3 Å². The van der Waals surface area contributed by atoms with Gasteiger partial charge in [-0.25, -0.2) is 0 Å². The number of hydrogen-bond acceptors (Lipinski definition) is 5. The van der Waals surface area contributed by atoms with Crippen LogP contribution < -0.4 is 19.7 Å². The standard InChI is InChI=1S/C27H24ClN3O3S/c1-16-7-8-17(28)14-19(16)22-11-12-24(34-22)26-25(20-6-4-5-13-29-20)30-27(35)31(26)21-15-18(32-2)9-10-23(21)33-3/h4-15,25-26H,1-3H3,(H,30,35)/t25-,26+/m0/s1. The number of benzene rings is 2. The monoisotopic (exact) mass is 505 g/mol. The van der Waals surface area contributed by atoms with Crippen molar-refractivity contribution >= 4 is 34.6 Å². The number of methoxy groups -OCH3 is 2. The van der Waals surface area contributed by atoms with E-state index in [1.54, 1.807) is 20.4 Å². The van der Waals surface area contributed by atoms with Gasteiger partial charge in [0.25, 0.3) is 0 Å². The summed E-state index contributed by atoms with van der Waals surface area (Å²) in [5.74, 6) is 2.82. The molecule has 6 nitrogen and oxygen atoms in total. The van der Waals surface area contributed by atoms with Crippen LogP contribution in [0.25, 0.3) is 11.3 Å². The van der Waals surface area contributed by atoms with Gasteiger partial charge in [0.15, 0.2) is 5.11 Å². The summed E-state index contributed by atoms with van der Waals surface area (Å²) in [5, 5.41) is 4.63. The number of pyridine rings is 1. The van der Waals surface area contributed by atoms with Crippen molar-refractivity contribution < 1.29 is 13.9 Å². The van der Waals surface area contributed by atoms with E-state index in [2.05, 4.69) is 10.3 Å². The third-order valence-electron chi connectivity index (χ3n) is 6.13. The Morgan fingerprint density at radius 2 is 1.89 bits per heavy atom. The highest BCUT2D eigenvalue weighted by molar-refractivity contribution is 7.80. The lowest BCUT2D eigenvalue weighted by Crippen LogP contribution is -2.29. The van der Waals surface area contributed by atoms with Crippen molar-refractivity contribution in [1.29, 1.82) is 0 Å². The second-order valence-electron chi connectivity index (χ2n) is 8.20. The van der Waals surface area contributed by atoms with Crippen LogP contribution >= 0.6 is 23.8 Å². The van der Waals surface area contributed by atoms with Crippen LogP contribution in [0, 0.1) is 6.92 Å². The molecule has 0 spiro atoms. The highest BCUT2D eigenvalue weighted by atomic mass is 35.5. The largest absolute Gasteiger partial charge is 0.497 e. The van der Waals surface area contributed by atoms with Crippen molar-refractivity contribution in [2.45, 2.75) is 19.0 Å². The molecule has 0 saturated carbocycles. The van der Waals surface area contributed by atoms with Crippen LogP contribution in [-0.4, -0.2) is 24.3 Å². The van der Waals surface area contributed by atoms with Gasteiger partial charge in [-0.1, -0.05) is 23.7 Å². The zero-order valence-corrected chi connectivity index (χ0v) is 21.1. The first kappa shape index (κ1) is 23.2. The smallest absolute Gasteiger partial charge is 0.174 e. The summed E-state index contributed by atoms with van der Waals surface area (Å²) in [5.41, 5.74) is 3.63. The molecule has 2 aromatic carbocycles. The Balaban J connectivity index is 1.65. The van der Waals surface area contributed by atoms with Gasteiger partial charge in [0.1, 0.15) is 29.1 Å². The normalized spacial score (nSPS) is 17.4. The molecule has 1 aliphatic rings. The molecule has 5 rings (SSSR count). The predicted octanol–water partition coefficient (Wildman–Crippen LogP) is 6.50. The molecule has 0 amide bonds. The lowest BCUT2D eigenvalue weighted by Gasteiger charge is -2.27. The average molecular weight is 506 g/mol. The fourth-order valence-corrected chi connectivity index (χ4v) is 4.92. The van der Waals surface area contributed by atoms with Gasteiger partial charge in [0.2, 0.25) is 0 Å². The third kappa shape index (κ3) is 4.33. The second kappa shape index (κ2) is 9.60.